The van der Waals surface area contributed by atoms with Crippen molar-refractivity contribution in [3.63, 3.8) is 0 Å². The number of carboxylic acids is 1. The van der Waals surface area contributed by atoms with E-state index in [4.69, 9.17) is 11.6 Å². The molecule has 0 aliphatic heterocycles. The van der Waals surface area contributed by atoms with Gasteiger partial charge in [-0.25, -0.2) is 0 Å². The van der Waals surface area contributed by atoms with Crippen LogP contribution >= 0.6 is 11.6 Å². The molecule has 106 valence electrons. The van der Waals surface area contributed by atoms with E-state index in [1.54, 1.807) is 12.3 Å². The first kappa shape index (κ1) is 14.6. The van der Waals surface area contributed by atoms with Crippen LogP contribution in [0.4, 0.5) is 0 Å². The van der Waals surface area contributed by atoms with E-state index in [0.29, 0.717) is 18.0 Å². The molecule has 0 saturated carbocycles. The monoisotopic (exact) mass is 293 g/mol. The Labute approximate surface area is 122 Å². The van der Waals surface area contributed by atoms with E-state index in [2.05, 4.69) is 15.5 Å². The second-order valence-electron chi connectivity index (χ2n) is 4.58. The molecule has 0 aliphatic carbocycles. The number of carboxylic acid groups (broad SMARTS) is 1. The average Bonchev–Trinajstić information content (AvgIpc) is 2.91. The molecule has 1 aromatic carbocycles. The van der Waals surface area contributed by atoms with Gasteiger partial charge in [-0.05, 0) is 30.2 Å². The molecule has 0 spiro atoms. The number of aliphatic carboxylic acids is 1. The fraction of sp³-hybridized carbons (Fsp3) is 0.286. The first-order chi connectivity index (χ1) is 9.58. The highest BCUT2D eigenvalue weighted by Gasteiger charge is 2.18. The molecule has 3 N–H and O–H groups in total. The van der Waals surface area contributed by atoms with Gasteiger partial charge >= 0.3 is 5.97 Å². The predicted molar refractivity (Wildman–Crippen MR) is 76.7 cm³/mol. The Balaban J connectivity index is 2.02. The third-order valence-corrected chi connectivity index (χ3v) is 3.61. The number of benzene rings is 1. The zero-order chi connectivity index (χ0) is 14.5. The third kappa shape index (κ3) is 3.59. The smallest absolute Gasteiger partial charge is 0.321 e. The summed E-state index contributed by atoms with van der Waals surface area (Å²) >= 11 is 6.05. The van der Waals surface area contributed by atoms with Crippen LogP contribution in [0.25, 0.3) is 0 Å². The van der Waals surface area contributed by atoms with Crippen molar-refractivity contribution in [1.29, 1.82) is 0 Å². The molecule has 1 atom stereocenters. The van der Waals surface area contributed by atoms with Crippen LogP contribution in [-0.4, -0.2) is 27.3 Å². The van der Waals surface area contributed by atoms with Crippen molar-refractivity contribution >= 4 is 17.6 Å². The molecule has 0 amide bonds. The van der Waals surface area contributed by atoms with E-state index >= 15 is 0 Å². The van der Waals surface area contributed by atoms with Gasteiger partial charge in [0.2, 0.25) is 0 Å². The lowest BCUT2D eigenvalue weighted by atomic mass is 10.1. The van der Waals surface area contributed by atoms with Gasteiger partial charge in [-0.2, -0.15) is 5.10 Å². The zero-order valence-electron chi connectivity index (χ0n) is 11.1. The largest absolute Gasteiger partial charge is 0.480 e. The summed E-state index contributed by atoms with van der Waals surface area (Å²) in [7, 11) is 0. The second-order valence-corrected chi connectivity index (χ2v) is 4.99. The molecule has 0 bridgehead atoms. The lowest BCUT2D eigenvalue weighted by Gasteiger charge is -2.15. The fourth-order valence-electron chi connectivity index (χ4n) is 1.94. The summed E-state index contributed by atoms with van der Waals surface area (Å²) < 4.78 is 0. The van der Waals surface area contributed by atoms with Gasteiger partial charge in [0.1, 0.15) is 6.04 Å². The van der Waals surface area contributed by atoms with Gasteiger partial charge in [0.15, 0.2) is 0 Å². The Morgan fingerprint density at radius 2 is 2.30 bits per heavy atom. The summed E-state index contributed by atoms with van der Waals surface area (Å²) in [6.07, 6.45) is 1.96. The van der Waals surface area contributed by atoms with Crippen LogP contribution in [0.2, 0.25) is 5.02 Å². The summed E-state index contributed by atoms with van der Waals surface area (Å²) in [5, 5.41) is 19.6. The minimum atomic E-state index is -0.890. The first-order valence-electron chi connectivity index (χ1n) is 6.26. The lowest BCUT2D eigenvalue weighted by molar-refractivity contribution is -0.139. The van der Waals surface area contributed by atoms with Crippen LogP contribution in [0.5, 0.6) is 0 Å². The number of nitrogens with one attached hydrogen (secondary N) is 2. The van der Waals surface area contributed by atoms with E-state index < -0.39 is 12.0 Å². The molecule has 1 heterocycles. The Kier molecular flexibility index (Phi) is 4.76. The van der Waals surface area contributed by atoms with Crippen molar-refractivity contribution < 1.29 is 9.90 Å². The minimum Gasteiger partial charge on any atom is -0.480 e. The van der Waals surface area contributed by atoms with Crippen LogP contribution < -0.4 is 5.32 Å². The highest BCUT2D eigenvalue weighted by Crippen LogP contribution is 2.18. The number of halogens is 1. The molecule has 20 heavy (non-hydrogen) atoms. The standard InChI is InChI=1S/C14H16ClN3O2/c1-9-10(3-2-4-12(9)15)8-16-13(14(19)20)7-11-5-6-17-18-11/h2-6,13,16H,7-8H2,1H3,(H,17,18)(H,19,20). The number of hydrogen-bond donors (Lipinski definition) is 3. The summed E-state index contributed by atoms with van der Waals surface area (Å²) in [6, 6.07) is 6.70. The highest BCUT2D eigenvalue weighted by molar-refractivity contribution is 6.31. The highest BCUT2D eigenvalue weighted by atomic mass is 35.5. The maximum Gasteiger partial charge on any atom is 0.321 e. The van der Waals surface area contributed by atoms with Crippen LogP contribution in [0, 0.1) is 6.92 Å². The van der Waals surface area contributed by atoms with Gasteiger partial charge in [-0.3, -0.25) is 15.2 Å². The van der Waals surface area contributed by atoms with Gasteiger partial charge in [-0.1, -0.05) is 23.7 Å². The summed E-state index contributed by atoms with van der Waals surface area (Å²) in [5.74, 6) is -0.890. The maximum atomic E-state index is 11.3. The zero-order valence-corrected chi connectivity index (χ0v) is 11.8. The van der Waals surface area contributed by atoms with Crippen molar-refractivity contribution in [2.24, 2.45) is 0 Å². The Bertz CT molecular complexity index is 584. The van der Waals surface area contributed by atoms with E-state index in [9.17, 15) is 9.90 Å². The maximum absolute atomic E-state index is 11.3. The second kappa shape index (κ2) is 6.54. The van der Waals surface area contributed by atoms with Crippen molar-refractivity contribution in [2.75, 3.05) is 0 Å². The molecule has 5 nitrogen and oxygen atoms in total. The third-order valence-electron chi connectivity index (χ3n) is 3.20. The SMILES string of the molecule is Cc1c(Cl)cccc1CNC(Cc1ccn[nH]1)C(=O)O. The van der Waals surface area contributed by atoms with Crippen molar-refractivity contribution in [3.8, 4) is 0 Å². The molecule has 1 aromatic heterocycles. The molecule has 0 radical (unpaired) electrons. The van der Waals surface area contributed by atoms with E-state index in [1.807, 2.05) is 25.1 Å². The normalized spacial score (nSPS) is 12.3. The number of carbonyl (C=O) groups is 1. The van der Waals surface area contributed by atoms with Crippen LogP contribution in [0.3, 0.4) is 0 Å². The van der Waals surface area contributed by atoms with Crippen LogP contribution in [0.15, 0.2) is 30.5 Å². The fourth-order valence-corrected chi connectivity index (χ4v) is 2.14. The van der Waals surface area contributed by atoms with Crippen LogP contribution in [0.1, 0.15) is 16.8 Å². The molecule has 0 aliphatic rings. The summed E-state index contributed by atoms with van der Waals surface area (Å²) in [6.45, 7) is 2.38. The number of hydrogen-bond acceptors (Lipinski definition) is 3. The molecule has 2 rings (SSSR count). The summed E-state index contributed by atoms with van der Waals surface area (Å²) in [5.41, 5.74) is 2.74. The van der Waals surface area contributed by atoms with Gasteiger partial charge in [0.25, 0.3) is 0 Å². The molecule has 2 aromatic rings. The Morgan fingerprint density at radius 3 is 2.95 bits per heavy atom. The van der Waals surface area contributed by atoms with Crippen molar-refractivity contribution in [2.45, 2.75) is 25.9 Å². The van der Waals surface area contributed by atoms with Gasteiger partial charge in [0, 0.05) is 29.9 Å². The minimum absolute atomic E-state index is 0.356. The molecule has 1 unspecified atom stereocenters. The van der Waals surface area contributed by atoms with Gasteiger partial charge < -0.3 is 5.11 Å². The number of aromatic nitrogens is 2. The Morgan fingerprint density at radius 1 is 1.50 bits per heavy atom. The molecule has 6 heteroatoms. The number of nitrogens with zero attached hydrogens (tertiary/aromatic N) is 1. The molecular weight excluding hydrogens is 278 g/mol. The quantitative estimate of drug-likeness (QED) is 0.763. The van der Waals surface area contributed by atoms with E-state index in [-0.39, 0.29) is 0 Å². The van der Waals surface area contributed by atoms with Crippen LogP contribution in [-0.2, 0) is 17.8 Å². The van der Waals surface area contributed by atoms with E-state index in [1.165, 1.54) is 0 Å². The van der Waals surface area contributed by atoms with Crippen molar-refractivity contribution in [1.82, 2.24) is 15.5 Å². The molecule has 0 fully saturated rings. The average molecular weight is 294 g/mol. The molecular formula is C14H16ClN3O2. The predicted octanol–water partition coefficient (Wildman–Crippen LogP) is 2.16. The first-order valence-corrected chi connectivity index (χ1v) is 6.64. The number of H-pyrrole nitrogens is 1. The molecule has 0 saturated heterocycles. The topological polar surface area (TPSA) is 78.0 Å². The van der Waals surface area contributed by atoms with Gasteiger partial charge in [-0.15, -0.1) is 0 Å². The van der Waals surface area contributed by atoms with E-state index in [0.717, 1.165) is 16.8 Å². The number of rotatable bonds is 6. The lowest BCUT2D eigenvalue weighted by Crippen LogP contribution is -2.38. The summed E-state index contributed by atoms with van der Waals surface area (Å²) in [4.78, 5) is 11.3. The Hall–Kier alpha value is -1.85. The van der Waals surface area contributed by atoms with Gasteiger partial charge in [0.05, 0.1) is 0 Å². The number of aromatic amines is 1. The van der Waals surface area contributed by atoms with Crippen molar-refractivity contribution in [3.05, 3.63) is 52.3 Å².